The van der Waals surface area contributed by atoms with E-state index in [1.807, 2.05) is 103 Å². The summed E-state index contributed by atoms with van der Waals surface area (Å²) in [5.74, 6) is 0. The molecule has 0 aliphatic rings. The lowest BCUT2D eigenvalue weighted by atomic mass is 9.88. The molecule has 9 rings (SSSR count). The Morgan fingerprint density at radius 1 is 0.380 bits per heavy atom. The van der Waals surface area contributed by atoms with Gasteiger partial charge >= 0.3 is 0 Å². The minimum atomic E-state index is 0.512. The number of hydrogen-bond donors (Lipinski definition) is 0. The van der Waals surface area contributed by atoms with Crippen LogP contribution in [-0.4, -0.2) is 9.13 Å². The second-order valence-electron chi connectivity index (χ2n) is 12.3. The molecule has 5 heteroatoms. The Bertz CT molecular complexity index is 2920. The first-order valence-corrected chi connectivity index (χ1v) is 16.3. The highest BCUT2D eigenvalue weighted by atomic mass is 15.0. The van der Waals surface area contributed by atoms with Crippen molar-refractivity contribution >= 4 is 43.6 Å². The first-order chi connectivity index (χ1) is 24.7. The minimum absolute atomic E-state index is 0.512. The van der Waals surface area contributed by atoms with Crippen LogP contribution in [0.5, 0.6) is 0 Å². The number of nitriles is 3. The molecule has 0 unspecified atom stereocenters. The SMILES string of the molecule is N#Cc1ccc2c(c1)c1ccccc1n2-c1ccccc1-c1c(C#N)cccc1-c1ccc(-n2c3ccccc3c3ccccc32)cc1C#N. The highest BCUT2D eigenvalue weighted by Crippen LogP contribution is 2.42. The Labute approximate surface area is 287 Å². The van der Waals surface area contributed by atoms with Crippen molar-refractivity contribution in [3.8, 4) is 51.8 Å². The van der Waals surface area contributed by atoms with Gasteiger partial charge in [-0.1, -0.05) is 91.0 Å². The van der Waals surface area contributed by atoms with Gasteiger partial charge in [-0.3, -0.25) is 0 Å². The summed E-state index contributed by atoms with van der Waals surface area (Å²) in [4.78, 5) is 0. The molecule has 2 heterocycles. The average molecular weight is 636 g/mol. The summed E-state index contributed by atoms with van der Waals surface area (Å²) >= 11 is 0. The van der Waals surface area contributed by atoms with Crippen LogP contribution in [0, 0.1) is 34.0 Å². The summed E-state index contributed by atoms with van der Waals surface area (Å²) in [6, 6.07) is 57.6. The number of aromatic nitrogens is 2. The molecule has 0 saturated carbocycles. The number of para-hydroxylation sites is 4. The van der Waals surface area contributed by atoms with Crippen molar-refractivity contribution < 1.29 is 0 Å². The smallest absolute Gasteiger partial charge is 0.0998 e. The van der Waals surface area contributed by atoms with Gasteiger partial charge in [0, 0.05) is 43.9 Å². The summed E-state index contributed by atoms with van der Waals surface area (Å²) < 4.78 is 4.41. The summed E-state index contributed by atoms with van der Waals surface area (Å²) in [7, 11) is 0. The third-order valence-corrected chi connectivity index (χ3v) is 9.65. The maximum atomic E-state index is 10.6. The number of benzene rings is 7. The Kier molecular flexibility index (Phi) is 6.56. The zero-order valence-electron chi connectivity index (χ0n) is 26.7. The van der Waals surface area contributed by atoms with Crippen molar-refractivity contribution in [2.75, 3.05) is 0 Å². The molecular formula is C45H25N5. The van der Waals surface area contributed by atoms with Crippen molar-refractivity contribution in [1.29, 1.82) is 15.8 Å². The molecule has 50 heavy (non-hydrogen) atoms. The summed E-state index contributed by atoms with van der Waals surface area (Å²) in [6.07, 6.45) is 0. The second kappa shape index (κ2) is 11.4. The van der Waals surface area contributed by atoms with Crippen LogP contribution >= 0.6 is 0 Å². The van der Waals surface area contributed by atoms with Crippen LogP contribution in [0.1, 0.15) is 16.7 Å². The Morgan fingerprint density at radius 2 is 0.960 bits per heavy atom. The average Bonchev–Trinajstić information content (AvgIpc) is 3.70. The van der Waals surface area contributed by atoms with Crippen molar-refractivity contribution in [3.05, 3.63) is 168 Å². The van der Waals surface area contributed by atoms with Gasteiger partial charge in [0.25, 0.3) is 0 Å². The number of hydrogen-bond acceptors (Lipinski definition) is 3. The van der Waals surface area contributed by atoms with Crippen LogP contribution in [0.2, 0.25) is 0 Å². The summed E-state index contributed by atoms with van der Waals surface area (Å²) in [6.45, 7) is 0. The van der Waals surface area contributed by atoms with Crippen LogP contribution in [0.3, 0.4) is 0 Å². The Balaban J connectivity index is 1.29. The minimum Gasteiger partial charge on any atom is -0.309 e. The van der Waals surface area contributed by atoms with Crippen molar-refractivity contribution in [3.63, 3.8) is 0 Å². The molecule has 0 bridgehead atoms. The number of rotatable bonds is 4. The van der Waals surface area contributed by atoms with E-state index in [0.29, 0.717) is 16.7 Å². The Hall–Kier alpha value is -7.39. The summed E-state index contributed by atoms with van der Waals surface area (Å²) in [5.41, 5.74) is 10.7. The molecule has 0 spiro atoms. The number of nitrogens with zero attached hydrogens (tertiary/aromatic N) is 5. The highest BCUT2D eigenvalue weighted by molar-refractivity contribution is 6.11. The van der Waals surface area contributed by atoms with E-state index in [1.165, 1.54) is 0 Å². The molecular weight excluding hydrogens is 611 g/mol. The molecule has 230 valence electrons. The van der Waals surface area contributed by atoms with Gasteiger partial charge in [0.05, 0.1) is 62.7 Å². The van der Waals surface area contributed by atoms with E-state index in [9.17, 15) is 15.8 Å². The Morgan fingerprint density at radius 3 is 1.64 bits per heavy atom. The molecule has 0 fully saturated rings. The number of fused-ring (bicyclic) bond motifs is 6. The van der Waals surface area contributed by atoms with Crippen LogP contribution in [0.15, 0.2) is 152 Å². The van der Waals surface area contributed by atoms with Gasteiger partial charge in [-0.2, -0.15) is 15.8 Å². The lowest BCUT2D eigenvalue weighted by Gasteiger charge is -2.19. The van der Waals surface area contributed by atoms with Crippen LogP contribution in [0.25, 0.3) is 77.2 Å². The fourth-order valence-electron chi connectivity index (χ4n) is 7.54. The summed E-state index contributed by atoms with van der Waals surface area (Å²) in [5, 5.41) is 35.2. The van der Waals surface area contributed by atoms with E-state index < -0.39 is 0 Å². The van der Waals surface area contributed by atoms with E-state index >= 15 is 0 Å². The van der Waals surface area contributed by atoms with Gasteiger partial charge < -0.3 is 9.13 Å². The topological polar surface area (TPSA) is 81.2 Å². The maximum Gasteiger partial charge on any atom is 0.0998 e. The van der Waals surface area contributed by atoms with Crippen LogP contribution < -0.4 is 0 Å². The van der Waals surface area contributed by atoms with E-state index in [2.05, 4.69) is 75.9 Å². The first-order valence-electron chi connectivity index (χ1n) is 16.3. The quantitative estimate of drug-likeness (QED) is 0.193. The van der Waals surface area contributed by atoms with Gasteiger partial charge in [0.1, 0.15) is 0 Å². The second-order valence-corrected chi connectivity index (χ2v) is 12.3. The molecule has 0 amide bonds. The van der Waals surface area contributed by atoms with Crippen LogP contribution in [-0.2, 0) is 0 Å². The molecule has 0 aliphatic carbocycles. The van der Waals surface area contributed by atoms with Gasteiger partial charge in [-0.25, -0.2) is 0 Å². The third-order valence-electron chi connectivity index (χ3n) is 9.65. The molecule has 0 N–H and O–H groups in total. The molecule has 0 aliphatic heterocycles. The van der Waals surface area contributed by atoms with Gasteiger partial charge in [-0.05, 0) is 66.2 Å². The molecule has 2 aromatic heterocycles. The zero-order valence-corrected chi connectivity index (χ0v) is 26.7. The highest BCUT2D eigenvalue weighted by Gasteiger charge is 2.22. The molecule has 0 atom stereocenters. The van der Waals surface area contributed by atoms with Crippen LogP contribution in [0.4, 0.5) is 0 Å². The molecule has 9 aromatic rings. The van der Waals surface area contributed by atoms with Crippen molar-refractivity contribution in [1.82, 2.24) is 9.13 Å². The normalized spacial score (nSPS) is 11.1. The molecule has 0 radical (unpaired) electrons. The molecule has 7 aromatic carbocycles. The van der Waals surface area contributed by atoms with E-state index in [0.717, 1.165) is 77.2 Å². The van der Waals surface area contributed by atoms with Crippen molar-refractivity contribution in [2.24, 2.45) is 0 Å². The van der Waals surface area contributed by atoms with Crippen molar-refractivity contribution in [2.45, 2.75) is 0 Å². The standard InChI is InChI=1S/C45H25N5/c46-26-29-20-23-44-39(24-29)36-13-3-7-18-42(36)50(44)43-19-8-4-14-38(43)45-30(27-47)10-9-15-37(45)33-22-21-32(25-31(33)28-48)49-40-16-5-1-11-34(40)35-12-2-6-17-41(35)49/h1-25H. The molecule has 0 saturated heterocycles. The predicted molar refractivity (Wildman–Crippen MR) is 200 cm³/mol. The zero-order chi connectivity index (χ0) is 33.8. The lowest BCUT2D eigenvalue weighted by Crippen LogP contribution is -2.01. The first kappa shape index (κ1) is 28.8. The van der Waals surface area contributed by atoms with E-state index in [-0.39, 0.29) is 0 Å². The lowest BCUT2D eigenvalue weighted by molar-refractivity contribution is 1.18. The predicted octanol–water partition coefficient (Wildman–Crippen LogP) is 10.8. The third kappa shape index (κ3) is 4.24. The van der Waals surface area contributed by atoms with Gasteiger partial charge in [0.2, 0.25) is 0 Å². The largest absolute Gasteiger partial charge is 0.309 e. The molecule has 5 nitrogen and oxygen atoms in total. The van der Waals surface area contributed by atoms with E-state index in [1.54, 1.807) is 0 Å². The van der Waals surface area contributed by atoms with Gasteiger partial charge in [-0.15, -0.1) is 0 Å². The fourth-order valence-corrected chi connectivity index (χ4v) is 7.54. The van der Waals surface area contributed by atoms with Gasteiger partial charge in [0.15, 0.2) is 0 Å². The van der Waals surface area contributed by atoms with E-state index in [4.69, 9.17) is 0 Å². The maximum absolute atomic E-state index is 10.6. The monoisotopic (exact) mass is 635 g/mol. The fraction of sp³-hybridized carbons (Fsp3) is 0.